The van der Waals surface area contributed by atoms with Crippen molar-refractivity contribution in [2.75, 3.05) is 29.9 Å². The van der Waals surface area contributed by atoms with Crippen molar-refractivity contribution in [2.45, 2.75) is 17.7 Å². The highest BCUT2D eigenvalue weighted by atomic mass is 32.2. The first-order valence-electron chi connectivity index (χ1n) is 8.13. The van der Waals surface area contributed by atoms with Gasteiger partial charge in [0.15, 0.2) is 0 Å². The Morgan fingerprint density at radius 3 is 2.68 bits per heavy atom. The summed E-state index contributed by atoms with van der Waals surface area (Å²) in [6, 6.07) is 8.02. The molecule has 9 heteroatoms. The van der Waals surface area contributed by atoms with Gasteiger partial charge in [-0.05, 0) is 55.6 Å². The molecule has 1 aliphatic heterocycles. The maximum absolute atomic E-state index is 11.3. The van der Waals surface area contributed by atoms with E-state index in [2.05, 4.69) is 20.2 Å². The number of sulfonamides is 1. The van der Waals surface area contributed by atoms with Crippen LogP contribution >= 0.6 is 0 Å². The van der Waals surface area contributed by atoms with E-state index in [1.54, 1.807) is 18.3 Å². The molecule has 25 heavy (non-hydrogen) atoms. The molecule has 1 fully saturated rings. The van der Waals surface area contributed by atoms with Gasteiger partial charge in [0.25, 0.3) is 0 Å². The second kappa shape index (κ2) is 7.34. The van der Waals surface area contributed by atoms with E-state index in [9.17, 15) is 8.42 Å². The van der Waals surface area contributed by atoms with Gasteiger partial charge >= 0.3 is 0 Å². The van der Waals surface area contributed by atoms with Crippen LogP contribution in [0.15, 0.2) is 41.4 Å². The highest BCUT2D eigenvalue weighted by Gasteiger charge is 2.20. The predicted molar refractivity (Wildman–Crippen MR) is 97.1 cm³/mol. The van der Waals surface area contributed by atoms with Crippen molar-refractivity contribution in [3.05, 3.63) is 36.5 Å². The van der Waals surface area contributed by atoms with E-state index in [1.807, 2.05) is 6.07 Å². The number of aromatic nitrogens is 2. The Balaban J connectivity index is 1.73. The Morgan fingerprint density at radius 2 is 2.00 bits per heavy atom. The van der Waals surface area contributed by atoms with Crippen LogP contribution in [0.4, 0.5) is 17.5 Å². The molecule has 0 amide bonds. The van der Waals surface area contributed by atoms with Gasteiger partial charge in [0.1, 0.15) is 5.82 Å². The minimum Gasteiger partial charge on any atom is -0.356 e. The molecule has 1 aliphatic rings. The van der Waals surface area contributed by atoms with Crippen LogP contribution in [0, 0.1) is 5.92 Å². The van der Waals surface area contributed by atoms with Gasteiger partial charge in [-0.25, -0.2) is 18.5 Å². The fourth-order valence-corrected chi connectivity index (χ4v) is 3.42. The Labute approximate surface area is 147 Å². The fourth-order valence-electron chi connectivity index (χ4n) is 2.91. The van der Waals surface area contributed by atoms with Crippen LogP contribution in [-0.4, -0.2) is 38.0 Å². The lowest BCUT2D eigenvalue weighted by Gasteiger charge is -2.33. The smallest absolute Gasteiger partial charge is 0.238 e. The van der Waals surface area contributed by atoms with Crippen LogP contribution in [0.25, 0.3) is 0 Å². The monoisotopic (exact) mass is 362 g/mol. The van der Waals surface area contributed by atoms with E-state index in [1.165, 1.54) is 12.1 Å². The minimum absolute atomic E-state index is 0.0638. The molecular weight excluding hydrogens is 340 g/mol. The largest absolute Gasteiger partial charge is 0.356 e. The predicted octanol–water partition coefficient (Wildman–Crippen LogP) is 1.04. The zero-order valence-electron chi connectivity index (χ0n) is 13.8. The summed E-state index contributed by atoms with van der Waals surface area (Å²) in [4.78, 5) is 11.1. The van der Waals surface area contributed by atoms with Gasteiger partial charge in [0.05, 0.1) is 4.90 Å². The van der Waals surface area contributed by atoms with Crippen molar-refractivity contribution in [3.63, 3.8) is 0 Å². The number of piperidine rings is 1. The van der Waals surface area contributed by atoms with Crippen LogP contribution in [0.1, 0.15) is 12.8 Å². The molecule has 0 aliphatic carbocycles. The number of anilines is 3. The number of nitrogens with two attached hydrogens (primary N) is 2. The lowest BCUT2D eigenvalue weighted by molar-refractivity contribution is 0.421. The Bertz CT molecular complexity index is 825. The third-order valence-corrected chi connectivity index (χ3v) is 5.19. The number of nitrogens with one attached hydrogen (secondary N) is 1. The number of hydrogen-bond donors (Lipinski definition) is 3. The van der Waals surface area contributed by atoms with Crippen LogP contribution in [0.3, 0.4) is 0 Å². The van der Waals surface area contributed by atoms with E-state index < -0.39 is 10.0 Å². The summed E-state index contributed by atoms with van der Waals surface area (Å²) < 4.78 is 22.6. The quantitative estimate of drug-likeness (QED) is 0.725. The van der Waals surface area contributed by atoms with Gasteiger partial charge in [-0.1, -0.05) is 0 Å². The first-order chi connectivity index (χ1) is 12.0. The van der Waals surface area contributed by atoms with Crippen LogP contribution in [0.2, 0.25) is 0 Å². The molecule has 1 aromatic heterocycles. The van der Waals surface area contributed by atoms with E-state index >= 15 is 0 Å². The zero-order chi connectivity index (χ0) is 17.9. The van der Waals surface area contributed by atoms with Gasteiger partial charge in [-0.2, -0.15) is 4.98 Å². The highest BCUT2D eigenvalue weighted by Crippen LogP contribution is 2.22. The minimum atomic E-state index is -3.70. The first kappa shape index (κ1) is 17.6. The molecule has 1 aromatic carbocycles. The van der Waals surface area contributed by atoms with E-state index in [-0.39, 0.29) is 4.90 Å². The summed E-state index contributed by atoms with van der Waals surface area (Å²) in [6.07, 6.45) is 3.96. The molecular formula is C16H22N6O2S. The maximum atomic E-state index is 11.3. The number of nitrogens with zero attached hydrogens (tertiary/aromatic N) is 3. The number of rotatable bonds is 5. The second-order valence-electron chi connectivity index (χ2n) is 6.12. The molecule has 2 aromatic rings. The number of primary sulfonamides is 1. The average molecular weight is 362 g/mol. The van der Waals surface area contributed by atoms with Crippen LogP contribution in [-0.2, 0) is 10.0 Å². The van der Waals surface area contributed by atoms with Gasteiger partial charge in [-0.15, -0.1) is 0 Å². The van der Waals surface area contributed by atoms with Crippen molar-refractivity contribution < 1.29 is 8.42 Å². The molecule has 1 atom stereocenters. The lowest BCUT2D eigenvalue weighted by atomic mass is 9.98. The maximum Gasteiger partial charge on any atom is 0.238 e. The fraction of sp³-hybridized carbons (Fsp3) is 0.375. The van der Waals surface area contributed by atoms with Gasteiger partial charge in [0, 0.05) is 25.0 Å². The summed E-state index contributed by atoms with van der Waals surface area (Å²) >= 11 is 0. The summed E-state index contributed by atoms with van der Waals surface area (Å²) in [5.74, 6) is 1.80. The summed E-state index contributed by atoms with van der Waals surface area (Å²) in [5, 5.41) is 8.18. The summed E-state index contributed by atoms with van der Waals surface area (Å²) in [7, 11) is -3.70. The molecule has 0 spiro atoms. The standard InChI is InChI=1S/C16H22N6O2S/c17-10-12-2-1-9-22(11-12)15-7-8-19-16(21-15)20-13-3-5-14(6-4-13)25(18,23)24/h3-8,12H,1-2,9-11,17H2,(H2,18,23,24)(H,19,20,21). The molecule has 1 saturated heterocycles. The molecule has 2 heterocycles. The first-order valence-corrected chi connectivity index (χ1v) is 9.68. The van der Waals surface area contributed by atoms with Crippen molar-refractivity contribution >= 4 is 27.5 Å². The normalized spacial score (nSPS) is 18.2. The van der Waals surface area contributed by atoms with E-state index in [4.69, 9.17) is 10.9 Å². The molecule has 1 unspecified atom stereocenters. The van der Waals surface area contributed by atoms with Crippen LogP contribution < -0.4 is 21.1 Å². The number of hydrogen-bond acceptors (Lipinski definition) is 7. The summed E-state index contributed by atoms with van der Waals surface area (Å²) in [6.45, 7) is 2.54. The zero-order valence-corrected chi connectivity index (χ0v) is 14.6. The van der Waals surface area contributed by atoms with E-state index in [0.29, 0.717) is 24.1 Å². The second-order valence-corrected chi connectivity index (χ2v) is 7.68. The third kappa shape index (κ3) is 4.44. The molecule has 8 nitrogen and oxygen atoms in total. The lowest BCUT2D eigenvalue weighted by Crippen LogP contribution is -2.38. The van der Waals surface area contributed by atoms with Crippen molar-refractivity contribution in [3.8, 4) is 0 Å². The van der Waals surface area contributed by atoms with E-state index in [0.717, 1.165) is 31.7 Å². The Hall–Kier alpha value is -2.23. The topological polar surface area (TPSA) is 127 Å². The number of benzene rings is 1. The SMILES string of the molecule is NCC1CCCN(c2ccnc(Nc3ccc(S(N)(=O)=O)cc3)n2)C1. The third-order valence-electron chi connectivity index (χ3n) is 4.26. The average Bonchev–Trinajstić information content (AvgIpc) is 2.62. The molecule has 134 valence electrons. The molecule has 3 rings (SSSR count). The molecule has 5 N–H and O–H groups in total. The molecule has 0 radical (unpaired) electrons. The van der Waals surface area contributed by atoms with Crippen molar-refractivity contribution in [1.29, 1.82) is 0 Å². The highest BCUT2D eigenvalue weighted by molar-refractivity contribution is 7.89. The Kier molecular flexibility index (Phi) is 5.16. The molecule has 0 bridgehead atoms. The van der Waals surface area contributed by atoms with Crippen LogP contribution in [0.5, 0.6) is 0 Å². The van der Waals surface area contributed by atoms with Crippen molar-refractivity contribution in [1.82, 2.24) is 9.97 Å². The summed E-state index contributed by atoms with van der Waals surface area (Å²) in [5.41, 5.74) is 6.48. The van der Waals surface area contributed by atoms with Gasteiger partial charge in [0.2, 0.25) is 16.0 Å². The van der Waals surface area contributed by atoms with Crippen molar-refractivity contribution in [2.24, 2.45) is 16.8 Å². The van der Waals surface area contributed by atoms with Gasteiger partial charge in [-0.3, -0.25) is 0 Å². The van der Waals surface area contributed by atoms with Gasteiger partial charge < -0.3 is 16.0 Å². The Morgan fingerprint density at radius 1 is 1.24 bits per heavy atom. The molecule has 0 saturated carbocycles.